The highest BCUT2D eigenvalue weighted by molar-refractivity contribution is 9.10. The number of amides is 1. The molecule has 5 nitrogen and oxygen atoms in total. The number of hydrogen-bond acceptors (Lipinski definition) is 5. The zero-order valence-corrected chi connectivity index (χ0v) is 17.6. The van der Waals surface area contributed by atoms with Gasteiger partial charge in [0.05, 0.1) is 4.91 Å². The number of carboxylic acid groups (broad SMARTS) is 1. The molecule has 8 heteroatoms. The van der Waals surface area contributed by atoms with Gasteiger partial charge in [-0.15, -0.1) is 0 Å². The Bertz CT molecular complexity index is 920. The molecule has 3 rings (SSSR count). The zero-order chi connectivity index (χ0) is 19.6. The Morgan fingerprint density at radius 1 is 1.33 bits per heavy atom. The van der Waals surface area contributed by atoms with Gasteiger partial charge in [0.25, 0.3) is 5.91 Å². The Hall–Kier alpha value is -1.90. The van der Waals surface area contributed by atoms with Crippen molar-refractivity contribution >= 4 is 62.2 Å². The molecular formula is C19H16BrNO4S2. The highest BCUT2D eigenvalue weighted by atomic mass is 79.9. The molecule has 1 fully saturated rings. The quantitative estimate of drug-likeness (QED) is 0.468. The molecule has 2 aromatic rings. The molecule has 0 bridgehead atoms. The first-order valence-electron chi connectivity index (χ1n) is 8.26. The van der Waals surface area contributed by atoms with Gasteiger partial charge in [-0.25, -0.2) is 4.79 Å². The van der Waals surface area contributed by atoms with Crippen LogP contribution < -0.4 is 0 Å². The summed E-state index contributed by atoms with van der Waals surface area (Å²) in [5, 5.41) is 9.42. The fourth-order valence-electron chi connectivity index (χ4n) is 2.71. The first-order chi connectivity index (χ1) is 12.9. The van der Waals surface area contributed by atoms with Crippen molar-refractivity contribution in [2.75, 3.05) is 0 Å². The SMILES string of the molecule is CCC[C@H](C(=O)O)N1C(=O)/C(=C\c2ccc(-c3ccc(Br)cc3)o2)SC1=S. The molecule has 140 valence electrons. The lowest BCUT2D eigenvalue weighted by molar-refractivity contribution is -0.145. The van der Waals surface area contributed by atoms with Crippen LogP contribution >= 0.6 is 39.9 Å². The number of hydrogen-bond donors (Lipinski definition) is 1. The number of halogens is 1. The number of rotatable bonds is 6. The fourth-order valence-corrected chi connectivity index (χ4v) is 4.32. The van der Waals surface area contributed by atoms with E-state index in [0.29, 0.717) is 29.3 Å². The Morgan fingerprint density at radius 3 is 2.67 bits per heavy atom. The average molecular weight is 466 g/mol. The normalized spacial score (nSPS) is 17.0. The maximum Gasteiger partial charge on any atom is 0.326 e. The molecule has 0 unspecified atom stereocenters. The average Bonchev–Trinajstić information content (AvgIpc) is 3.19. The third kappa shape index (κ3) is 4.34. The van der Waals surface area contributed by atoms with Crippen LogP contribution in [0.1, 0.15) is 25.5 Å². The monoisotopic (exact) mass is 465 g/mol. The number of carbonyl (C=O) groups is 2. The van der Waals surface area contributed by atoms with Crippen molar-refractivity contribution in [3.05, 3.63) is 51.5 Å². The van der Waals surface area contributed by atoms with Crippen LogP contribution in [0.2, 0.25) is 0 Å². The topological polar surface area (TPSA) is 70.8 Å². The minimum Gasteiger partial charge on any atom is -0.480 e. The number of thiocarbonyl (C=S) groups is 1. The zero-order valence-electron chi connectivity index (χ0n) is 14.3. The molecule has 1 amide bonds. The molecule has 0 spiro atoms. The van der Waals surface area contributed by atoms with Gasteiger partial charge in [0.1, 0.15) is 21.9 Å². The van der Waals surface area contributed by atoms with E-state index in [1.54, 1.807) is 12.1 Å². The van der Waals surface area contributed by atoms with E-state index in [0.717, 1.165) is 21.8 Å². The maximum atomic E-state index is 12.7. The molecule has 0 radical (unpaired) electrons. The molecule has 27 heavy (non-hydrogen) atoms. The largest absolute Gasteiger partial charge is 0.480 e. The number of furan rings is 1. The van der Waals surface area contributed by atoms with Gasteiger partial charge in [-0.05, 0) is 30.7 Å². The Labute approximate surface area is 174 Å². The van der Waals surface area contributed by atoms with Crippen LogP contribution in [0.3, 0.4) is 0 Å². The molecule has 1 N–H and O–H groups in total. The van der Waals surface area contributed by atoms with Crippen LogP contribution in [0.4, 0.5) is 0 Å². The summed E-state index contributed by atoms with van der Waals surface area (Å²) >= 11 is 9.73. The van der Waals surface area contributed by atoms with Crippen molar-refractivity contribution in [1.29, 1.82) is 0 Å². The molecule has 1 aliphatic heterocycles. The van der Waals surface area contributed by atoms with E-state index in [4.69, 9.17) is 16.6 Å². The second kappa shape index (κ2) is 8.41. The third-order valence-electron chi connectivity index (χ3n) is 4.01. The van der Waals surface area contributed by atoms with Crippen molar-refractivity contribution in [3.63, 3.8) is 0 Å². The Kier molecular flexibility index (Phi) is 6.18. The lowest BCUT2D eigenvalue weighted by atomic mass is 10.1. The summed E-state index contributed by atoms with van der Waals surface area (Å²) in [7, 11) is 0. The summed E-state index contributed by atoms with van der Waals surface area (Å²) in [5.41, 5.74) is 0.916. The molecule has 1 saturated heterocycles. The number of carboxylic acids is 1. The highest BCUT2D eigenvalue weighted by Gasteiger charge is 2.40. The van der Waals surface area contributed by atoms with E-state index in [9.17, 15) is 14.7 Å². The van der Waals surface area contributed by atoms with E-state index in [1.165, 1.54) is 4.90 Å². The summed E-state index contributed by atoms with van der Waals surface area (Å²) in [4.78, 5) is 25.8. The van der Waals surface area contributed by atoms with Crippen molar-refractivity contribution in [3.8, 4) is 11.3 Å². The summed E-state index contributed by atoms with van der Waals surface area (Å²) in [6.45, 7) is 1.87. The number of nitrogens with zero attached hydrogens (tertiary/aromatic N) is 1. The molecular weight excluding hydrogens is 450 g/mol. The predicted octanol–water partition coefficient (Wildman–Crippen LogP) is 5.16. The van der Waals surface area contributed by atoms with Crippen molar-refractivity contribution in [2.45, 2.75) is 25.8 Å². The summed E-state index contributed by atoms with van der Waals surface area (Å²) < 4.78 is 7.04. The van der Waals surface area contributed by atoms with E-state index < -0.39 is 17.9 Å². The molecule has 0 saturated carbocycles. The summed E-state index contributed by atoms with van der Waals surface area (Å²) in [5.74, 6) is -0.258. The van der Waals surface area contributed by atoms with Gasteiger partial charge in [-0.3, -0.25) is 9.69 Å². The number of thioether (sulfide) groups is 1. The van der Waals surface area contributed by atoms with Crippen molar-refractivity contribution in [1.82, 2.24) is 4.90 Å². The fraction of sp³-hybridized carbons (Fsp3) is 0.211. The van der Waals surface area contributed by atoms with Gasteiger partial charge in [0, 0.05) is 16.1 Å². The molecule has 1 aromatic carbocycles. The van der Waals surface area contributed by atoms with Crippen LogP contribution in [0.15, 0.2) is 50.2 Å². The second-order valence-electron chi connectivity index (χ2n) is 5.90. The van der Waals surface area contributed by atoms with Crippen molar-refractivity contribution in [2.24, 2.45) is 0 Å². The minimum absolute atomic E-state index is 0.256. The summed E-state index contributed by atoms with van der Waals surface area (Å²) in [6, 6.07) is 10.3. The van der Waals surface area contributed by atoms with Crippen LogP contribution in [0, 0.1) is 0 Å². The van der Waals surface area contributed by atoms with Gasteiger partial charge in [-0.1, -0.05) is 65.4 Å². The molecule has 1 aromatic heterocycles. The van der Waals surface area contributed by atoms with E-state index in [1.807, 2.05) is 37.3 Å². The van der Waals surface area contributed by atoms with Crippen molar-refractivity contribution < 1.29 is 19.1 Å². The van der Waals surface area contributed by atoms with Gasteiger partial charge >= 0.3 is 5.97 Å². The Morgan fingerprint density at radius 2 is 2.04 bits per heavy atom. The lowest BCUT2D eigenvalue weighted by Gasteiger charge is -2.22. The number of carbonyl (C=O) groups excluding carboxylic acids is 1. The van der Waals surface area contributed by atoms with Gasteiger partial charge in [0.2, 0.25) is 0 Å². The smallest absolute Gasteiger partial charge is 0.326 e. The highest BCUT2D eigenvalue weighted by Crippen LogP contribution is 2.35. The van der Waals surface area contributed by atoms with E-state index in [-0.39, 0.29) is 4.32 Å². The van der Waals surface area contributed by atoms with Gasteiger partial charge in [-0.2, -0.15) is 0 Å². The Balaban J connectivity index is 1.84. The predicted molar refractivity (Wildman–Crippen MR) is 113 cm³/mol. The van der Waals surface area contributed by atoms with Crippen LogP contribution in [0.5, 0.6) is 0 Å². The first-order valence-corrected chi connectivity index (χ1v) is 10.3. The maximum absolute atomic E-state index is 12.7. The van der Waals surface area contributed by atoms with Gasteiger partial charge < -0.3 is 9.52 Å². The van der Waals surface area contributed by atoms with E-state index >= 15 is 0 Å². The molecule has 2 heterocycles. The van der Waals surface area contributed by atoms with Crippen LogP contribution in [-0.4, -0.2) is 32.2 Å². The molecule has 0 aliphatic carbocycles. The third-order valence-corrected chi connectivity index (χ3v) is 5.87. The standard InChI is InChI=1S/C19H16BrNO4S2/c1-2-3-14(18(23)24)21-17(22)16(27-19(21)26)10-13-8-9-15(25-13)11-4-6-12(20)7-5-11/h4-10,14H,2-3H2,1H3,(H,23,24)/b16-10+/t14-/m1/s1. The second-order valence-corrected chi connectivity index (χ2v) is 8.49. The van der Waals surface area contributed by atoms with Crippen LogP contribution in [-0.2, 0) is 9.59 Å². The molecule has 1 atom stereocenters. The van der Waals surface area contributed by atoms with Gasteiger partial charge in [0.15, 0.2) is 0 Å². The number of benzene rings is 1. The first kappa shape index (κ1) is 19.9. The minimum atomic E-state index is -1.05. The molecule has 1 aliphatic rings. The van der Waals surface area contributed by atoms with Crippen LogP contribution in [0.25, 0.3) is 17.4 Å². The summed E-state index contributed by atoms with van der Waals surface area (Å²) in [6.07, 6.45) is 2.60. The number of aliphatic carboxylic acids is 1. The lowest BCUT2D eigenvalue weighted by Crippen LogP contribution is -2.43. The van der Waals surface area contributed by atoms with E-state index in [2.05, 4.69) is 15.9 Å².